The molecule has 3 aromatic rings. The van der Waals surface area contributed by atoms with Gasteiger partial charge in [0.05, 0.1) is 0 Å². The van der Waals surface area contributed by atoms with Crippen molar-refractivity contribution in [1.29, 1.82) is 0 Å². The maximum absolute atomic E-state index is 2.32. The Morgan fingerprint density at radius 2 is 1.36 bits per heavy atom. The quantitative estimate of drug-likeness (QED) is 0.500. The van der Waals surface area contributed by atoms with Crippen LogP contribution in [0.3, 0.4) is 0 Å². The molecule has 0 atom stereocenters. The number of rotatable bonds is 3. The minimum Gasteiger partial charge on any atom is -0.0616 e. The molecule has 22 heavy (non-hydrogen) atoms. The van der Waals surface area contributed by atoms with Gasteiger partial charge < -0.3 is 0 Å². The fourth-order valence-corrected chi connectivity index (χ4v) is 3.34. The summed E-state index contributed by atoms with van der Waals surface area (Å²) in [6.45, 7) is 9.16. The van der Waals surface area contributed by atoms with Crippen molar-refractivity contribution >= 4 is 10.8 Å². The predicted molar refractivity (Wildman–Crippen MR) is 97.6 cm³/mol. The third kappa shape index (κ3) is 2.66. The van der Waals surface area contributed by atoms with Crippen LogP contribution in [0, 0.1) is 0 Å². The first-order valence-corrected chi connectivity index (χ1v) is 8.20. The van der Waals surface area contributed by atoms with Crippen LogP contribution < -0.4 is 0 Å². The zero-order chi connectivity index (χ0) is 15.7. The second-order valence-electron chi connectivity index (χ2n) is 6.68. The molecule has 0 aromatic heterocycles. The Balaban J connectivity index is 2.23. The van der Waals surface area contributed by atoms with Crippen molar-refractivity contribution in [1.82, 2.24) is 0 Å². The van der Waals surface area contributed by atoms with E-state index in [4.69, 9.17) is 0 Å². The van der Waals surface area contributed by atoms with Gasteiger partial charge in [-0.1, -0.05) is 82.3 Å². The molecule has 0 spiro atoms. The lowest BCUT2D eigenvalue weighted by Gasteiger charge is -2.20. The zero-order valence-electron chi connectivity index (χ0n) is 13.9. The van der Waals surface area contributed by atoms with Crippen molar-refractivity contribution in [3.63, 3.8) is 0 Å². The first-order valence-electron chi connectivity index (χ1n) is 8.20. The molecule has 0 saturated carbocycles. The monoisotopic (exact) mass is 288 g/mol. The lowest BCUT2D eigenvalue weighted by molar-refractivity contribution is 0.792. The van der Waals surface area contributed by atoms with E-state index in [2.05, 4.69) is 88.4 Å². The predicted octanol–water partition coefficient (Wildman–Crippen LogP) is 6.75. The van der Waals surface area contributed by atoms with Gasteiger partial charge in [0, 0.05) is 0 Å². The number of hydrogen-bond acceptors (Lipinski definition) is 0. The molecule has 0 aliphatic rings. The van der Waals surface area contributed by atoms with E-state index in [0.29, 0.717) is 11.8 Å². The highest BCUT2D eigenvalue weighted by atomic mass is 14.2. The SMILES string of the molecule is CC(C)c1cccc(-c2ccc3ccccc3c2)c1C(C)C. The second-order valence-corrected chi connectivity index (χ2v) is 6.68. The second kappa shape index (κ2) is 5.96. The first-order chi connectivity index (χ1) is 10.6. The van der Waals surface area contributed by atoms with Crippen LogP contribution in [0.25, 0.3) is 21.9 Å². The smallest absolute Gasteiger partial charge is 0.0146 e. The van der Waals surface area contributed by atoms with Gasteiger partial charge in [0.25, 0.3) is 0 Å². The molecule has 0 heteroatoms. The van der Waals surface area contributed by atoms with Crippen LogP contribution in [0.4, 0.5) is 0 Å². The Labute approximate surface area is 133 Å². The van der Waals surface area contributed by atoms with Crippen molar-refractivity contribution in [3.05, 3.63) is 71.8 Å². The lowest BCUT2D eigenvalue weighted by Crippen LogP contribution is -2.01. The maximum atomic E-state index is 2.32. The molecule has 0 nitrogen and oxygen atoms in total. The highest BCUT2D eigenvalue weighted by molar-refractivity contribution is 5.88. The summed E-state index contributed by atoms with van der Waals surface area (Å²) in [5.41, 5.74) is 5.67. The van der Waals surface area contributed by atoms with Gasteiger partial charge in [0.2, 0.25) is 0 Å². The molecule has 0 fully saturated rings. The molecule has 0 amide bonds. The van der Waals surface area contributed by atoms with Crippen LogP contribution in [0.1, 0.15) is 50.7 Å². The average molecular weight is 288 g/mol. The minimum absolute atomic E-state index is 0.528. The van der Waals surface area contributed by atoms with Crippen LogP contribution in [0.5, 0.6) is 0 Å². The summed E-state index contributed by atoms with van der Waals surface area (Å²) in [7, 11) is 0. The number of benzene rings is 3. The molecular weight excluding hydrogens is 264 g/mol. The first kappa shape index (κ1) is 14.8. The third-order valence-corrected chi connectivity index (χ3v) is 4.40. The van der Waals surface area contributed by atoms with Crippen LogP contribution in [0.15, 0.2) is 60.7 Å². The topological polar surface area (TPSA) is 0 Å². The number of hydrogen-bond donors (Lipinski definition) is 0. The molecule has 0 heterocycles. The molecule has 0 radical (unpaired) electrons. The summed E-state index contributed by atoms with van der Waals surface area (Å²) in [5.74, 6) is 1.08. The van der Waals surface area contributed by atoms with E-state index >= 15 is 0 Å². The van der Waals surface area contributed by atoms with Crippen LogP contribution in [0.2, 0.25) is 0 Å². The molecule has 0 aliphatic heterocycles. The van der Waals surface area contributed by atoms with Crippen LogP contribution >= 0.6 is 0 Å². The summed E-state index contributed by atoms with van der Waals surface area (Å²) >= 11 is 0. The molecule has 112 valence electrons. The van der Waals surface area contributed by atoms with Crippen molar-refractivity contribution in [2.45, 2.75) is 39.5 Å². The molecule has 3 aromatic carbocycles. The maximum Gasteiger partial charge on any atom is -0.0146 e. The Bertz CT molecular complexity index is 794. The van der Waals surface area contributed by atoms with Gasteiger partial charge >= 0.3 is 0 Å². The van der Waals surface area contributed by atoms with Crippen molar-refractivity contribution in [3.8, 4) is 11.1 Å². The Morgan fingerprint density at radius 3 is 2.05 bits per heavy atom. The van der Waals surface area contributed by atoms with E-state index in [1.54, 1.807) is 0 Å². The highest BCUT2D eigenvalue weighted by Crippen LogP contribution is 2.36. The van der Waals surface area contributed by atoms with Crippen LogP contribution in [-0.2, 0) is 0 Å². The Kier molecular flexibility index (Phi) is 4.02. The van der Waals surface area contributed by atoms with E-state index < -0.39 is 0 Å². The largest absolute Gasteiger partial charge is 0.0616 e. The summed E-state index contributed by atoms with van der Waals surface area (Å²) in [4.78, 5) is 0. The summed E-state index contributed by atoms with van der Waals surface area (Å²) in [6.07, 6.45) is 0. The van der Waals surface area contributed by atoms with Crippen LogP contribution in [-0.4, -0.2) is 0 Å². The summed E-state index contributed by atoms with van der Waals surface area (Å²) in [6, 6.07) is 22.1. The average Bonchev–Trinajstić information content (AvgIpc) is 2.53. The van der Waals surface area contributed by atoms with Gasteiger partial charge in [-0.05, 0) is 50.9 Å². The van der Waals surface area contributed by atoms with Gasteiger partial charge in [-0.3, -0.25) is 0 Å². The standard InChI is InChI=1S/C22H24/c1-15(2)20-10-7-11-21(22(20)16(3)4)19-13-12-17-8-5-6-9-18(17)14-19/h5-16H,1-4H3. The fourth-order valence-electron chi connectivity index (χ4n) is 3.34. The Hall–Kier alpha value is -2.08. The van der Waals surface area contributed by atoms with E-state index in [1.807, 2.05) is 0 Å². The summed E-state index contributed by atoms with van der Waals surface area (Å²) in [5, 5.41) is 2.61. The van der Waals surface area contributed by atoms with E-state index in [-0.39, 0.29) is 0 Å². The fraction of sp³-hybridized carbons (Fsp3) is 0.273. The van der Waals surface area contributed by atoms with Gasteiger partial charge in [0.15, 0.2) is 0 Å². The van der Waals surface area contributed by atoms with Gasteiger partial charge in [0.1, 0.15) is 0 Å². The van der Waals surface area contributed by atoms with Gasteiger partial charge in [-0.2, -0.15) is 0 Å². The van der Waals surface area contributed by atoms with Crippen molar-refractivity contribution in [2.24, 2.45) is 0 Å². The molecule has 0 aliphatic carbocycles. The normalized spacial score (nSPS) is 11.5. The molecule has 0 saturated heterocycles. The van der Waals surface area contributed by atoms with E-state index in [1.165, 1.54) is 33.0 Å². The molecule has 0 unspecified atom stereocenters. The van der Waals surface area contributed by atoms with E-state index in [9.17, 15) is 0 Å². The minimum atomic E-state index is 0.528. The third-order valence-electron chi connectivity index (χ3n) is 4.40. The molecule has 3 rings (SSSR count). The van der Waals surface area contributed by atoms with Crippen molar-refractivity contribution < 1.29 is 0 Å². The highest BCUT2D eigenvalue weighted by Gasteiger charge is 2.15. The zero-order valence-corrected chi connectivity index (χ0v) is 13.9. The molecular formula is C22H24. The lowest BCUT2D eigenvalue weighted by atomic mass is 9.84. The van der Waals surface area contributed by atoms with Gasteiger partial charge in [-0.15, -0.1) is 0 Å². The summed E-state index contributed by atoms with van der Waals surface area (Å²) < 4.78 is 0. The molecule has 0 N–H and O–H groups in total. The number of fused-ring (bicyclic) bond motifs is 1. The molecule has 0 bridgehead atoms. The Morgan fingerprint density at radius 1 is 0.636 bits per heavy atom. The van der Waals surface area contributed by atoms with E-state index in [0.717, 1.165) is 0 Å². The van der Waals surface area contributed by atoms with Crippen molar-refractivity contribution in [2.75, 3.05) is 0 Å². The van der Waals surface area contributed by atoms with Gasteiger partial charge in [-0.25, -0.2) is 0 Å².